The van der Waals surface area contributed by atoms with Crippen LogP contribution in [0.3, 0.4) is 0 Å². The van der Waals surface area contributed by atoms with Gasteiger partial charge in [0.05, 0.1) is 11.6 Å². The molecule has 0 fully saturated rings. The molecular formula is C14H9Br2N5. The van der Waals surface area contributed by atoms with Gasteiger partial charge in [0.2, 0.25) is 5.82 Å². The van der Waals surface area contributed by atoms with Crippen molar-refractivity contribution in [2.45, 2.75) is 0 Å². The molecule has 0 bridgehead atoms. The molecule has 0 amide bonds. The smallest absolute Gasteiger partial charge is 0.192 e. The van der Waals surface area contributed by atoms with E-state index in [2.05, 4.69) is 52.5 Å². The topological polar surface area (TPSA) is 78.2 Å². The van der Waals surface area contributed by atoms with Gasteiger partial charge < -0.3 is 0 Å². The summed E-state index contributed by atoms with van der Waals surface area (Å²) in [5, 5.41) is 22.0. The number of nitrogens with one attached hydrogen (secondary N) is 1. The van der Waals surface area contributed by atoms with Crippen LogP contribution in [0.25, 0.3) is 11.4 Å². The molecule has 2 aromatic carbocycles. The first-order valence-corrected chi connectivity index (χ1v) is 7.42. The highest BCUT2D eigenvalue weighted by Gasteiger charge is 2.01. The van der Waals surface area contributed by atoms with Gasteiger partial charge in [-0.2, -0.15) is 10.5 Å². The van der Waals surface area contributed by atoms with Crippen molar-refractivity contribution in [2.75, 3.05) is 0 Å². The second-order valence-corrected chi connectivity index (χ2v) is 5.70. The largest absolute Gasteiger partial charge is 0.204 e. The summed E-state index contributed by atoms with van der Waals surface area (Å²) in [5.41, 5.74) is 1.63. The summed E-state index contributed by atoms with van der Waals surface area (Å²) in [6.07, 6.45) is 0. The van der Waals surface area contributed by atoms with Crippen molar-refractivity contribution in [1.82, 2.24) is 20.6 Å². The van der Waals surface area contributed by atoms with Gasteiger partial charge >= 0.3 is 0 Å². The fourth-order valence-electron chi connectivity index (χ4n) is 1.47. The average molecular weight is 407 g/mol. The fourth-order valence-corrected chi connectivity index (χ4v) is 2.27. The van der Waals surface area contributed by atoms with E-state index < -0.39 is 0 Å². The predicted molar refractivity (Wildman–Crippen MR) is 86.2 cm³/mol. The first kappa shape index (κ1) is 15.4. The molecule has 104 valence electrons. The van der Waals surface area contributed by atoms with Crippen LogP contribution < -0.4 is 0 Å². The van der Waals surface area contributed by atoms with Gasteiger partial charge in [0.15, 0.2) is 0 Å². The normalized spacial score (nSPS) is 9.38. The summed E-state index contributed by atoms with van der Waals surface area (Å²) in [6.45, 7) is 0. The molecular weight excluding hydrogens is 398 g/mol. The Labute approximate surface area is 138 Å². The van der Waals surface area contributed by atoms with Crippen LogP contribution in [0, 0.1) is 11.3 Å². The summed E-state index contributed by atoms with van der Waals surface area (Å²) in [4.78, 5) is 0. The third-order valence-corrected chi connectivity index (χ3v) is 3.37. The quantitative estimate of drug-likeness (QED) is 0.663. The average Bonchev–Trinajstić information content (AvgIpc) is 3.02. The van der Waals surface area contributed by atoms with E-state index in [-0.39, 0.29) is 0 Å². The molecule has 3 rings (SSSR count). The van der Waals surface area contributed by atoms with Crippen LogP contribution in [0.1, 0.15) is 5.56 Å². The van der Waals surface area contributed by atoms with Gasteiger partial charge in [-0.15, -0.1) is 10.2 Å². The highest BCUT2D eigenvalue weighted by atomic mass is 79.9. The molecule has 5 nitrogen and oxygen atoms in total. The van der Waals surface area contributed by atoms with Gasteiger partial charge in [-0.05, 0) is 35.5 Å². The van der Waals surface area contributed by atoms with Crippen LogP contribution in [0.5, 0.6) is 0 Å². The van der Waals surface area contributed by atoms with Gasteiger partial charge in [-0.3, -0.25) is 0 Å². The van der Waals surface area contributed by atoms with Crippen LogP contribution >= 0.6 is 31.9 Å². The van der Waals surface area contributed by atoms with Gasteiger partial charge in [0.1, 0.15) is 0 Å². The van der Waals surface area contributed by atoms with Crippen molar-refractivity contribution in [1.29, 1.82) is 5.26 Å². The Kier molecular flexibility index (Phi) is 5.60. The molecule has 0 radical (unpaired) electrons. The number of nitriles is 1. The Balaban J connectivity index is 0.000000161. The number of hydrogen-bond acceptors (Lipinski definition) is 4. The molecule has 3 aromatic rings. The van der Waals surface area contributed by atoms with E-state index in [4.69, 9.17) is 5.26 Å². The minimum Gasteiger partial charge on any atom is -0.192 e. The Morgan fingerprint density at radius 3 is 2.24 bits per heavy atom. The molecule has 0 atom stereocenters. The third kappa shape index (κ3) is 4.77. The van der Waals surface area contributed by atoms with Crippen molar-refractivity contribution in [3.8, 4) is 17.5 Å². The lowest BCUT2D eigenvalue weighted by Crippen LogP contribution is -1.79. The first-order chi connectivity index (χ1) is 10.2. The van der Waals surface area contributed by atoms with Crippen molar-refractivity contribution in [3.05, 3.63) is 63.0 Å². The Bertz CT molecular complexity index is 750. The van der Waals surface area contributed by atoms with E-state index in [1.54, 1.807) is 12.1 Å². The number of hydrogen-bond donors (Lipinski definition) is 1. The van der Waals surface area contributed by atoms with Crippen LogP contribution in [-0.2, 0) is 0 Å². The van der Waals surface area contributed by atoms with Crippen LogP contribution in [0.2, 0.25) is 0 Å². The predicted octanol–water partition coefficient (Wildman–Crippen LogP) is 3.95. The molecule has 0 aliphatic carbocycles. The van der Waals surface area contributed by atoms with Gasteiger partial charge in [-0.25, -0.2) is 0 Å². The van der Waals surface area contributed by atoms with Gasteiger partial charge in [0.25, 0.3) is 0 Å². The second-order valence-electron chi connectivity index (χ2n) is 3.87. The number of halogens is 2. The van der Waals surface area contributed by atoms with Crippen LogP contribution in [0.4, 0.5) is 0 Å². The summed E-state index contributed by atoms with van der Waals surface area (Å²) >= 11 is 6.61. The number of H-pyrrole nitrogens is 1. The standard InChI is InChI=1S/C7H5BrN4.C7H4BrN/c8-6-3-1-2-5(4-6)7-9-11-12-10-7;8-7-3-1-2-6(4-7)5-9/h1-4H,(H,9,10,11,12);1-4H. The lowest BCUT2D eigenvalue weighted by Gasteiger charge is -1.93. The molecule has 0 aliphatic rings. The number of nitrogens with zero attached hydrogens (tertiary/aromatic N) is 4. The highest BCUT2D eigenvalue weighted by molar-refractivity contribution is 9.10. The lowest BCUT2D eigenvalue weighted by molar-refractivity contribution is 0.881. The van der Waals surface area contributed by atoms with E-state index in [9.17, 15) is 0 Å². The molecule has 0 spiro atoms. The van der Waals surface area contributed by atoms with E-state index in [1.807, 2.05) is 42.5 Å². The van der Waals surface area contributed by atoms with Crippen molar-refractivity contribution in [2.24, 2.45) is 0 Å². The molecule has 0 unspecified atom stereocenters. The maximum absolute atomic E-state index is 8.39. The molecule has 0 saturated carbocycles. The van der Waals surface area contributed by atoms with Gasteiger partial charge in [0, 0.05) is 14.5 Å². The van der Waals surface area contributed by atoms with E-state index in [0.29, 0.717) is 11.4 Å². The van der Waals surface area contributed by atoms with E-state index in [0.717, 1.165) is 14.5 Å². The molecule has 0 aliphatic heterocycles. The molecule has 1 N–H and O–H groups in total. The van der Waals surface area contributed by atoms with Crippen LogP contribution in [-0.4, -0.2) is 20.6 Å². The molecule has 0 saturated heterocycles. The number of rotatable bonds is 1. The first-order valence-electron chi connectivity index (χ1n) is 5.84. The third-order valence-electron chi connectivity index (χ3n) is 2.38. The summed E-state index contributed by atoms with van der Waals surface area (Å²) in [7, 11) is 0. The lowest BCUT2D eigenvalue weighted by atomic mass is 10.2. The number of benzene rings is 2. The van der Waals surface area contributed by atoms with Crippen molar-refractivity contribution in [3.63, 3.8) is 0 Å². The Hall–Kier alpha value is -2.04. The van der Waals surface area contributed by atoms with Crippen LogP contribution in [0.15, 0.2) is 57.5 Å². The zero-order chi connectivity index (χ0) is 15.1. The summed E-state index contributed by atoms with van der Waals surface area (Å²) in [5.74, 6) is 0.608. The summed E-state index contributed by atoms with van der Waals surface area (Å²) in [6, 6.07) is 17.0. The highest BCUT2D eigenvalue weighted by Crippen LogP contribution is 2.18. The maximum atomic E-state index is 8.39. The molecule has 1 heterocycles. The summed E-state index contributed by atoms with van der Waals surface area (Å²) < 4.78 is 1.95. The van der Waals surface area contributed by atoms with Crippen molar-refractivity contribution >= 4 is 31.9 Å². The maximum Gasteiger partial charge on any atom is 0.204 e. The SMILES string of the molecule is Brc1cccc(-c2nn[nH]n2)c1.N#Cc1cccc(Br)c1. The molecule has 1 aromatic heterocycles. The zero-order valence-corrected chi connectivity index (χ0v) is 13.8. The van der Waals surface area contributed by atoms with E-state index >= 15 is 0 Å². The monoisotopic (exact) mass is 405 g/mol. The van der Waals surface area contributed by atoms with Gasteiger partial charge in [-0.1, -0.05) is 50.1 Å². The zero-order valence-electron chi connectivity index (χ0n) is 10.7. The van der Waals surface area contributed by atoms with Crippen molar-refractivity contribution < 1.29 is 0 Å². The second kappa shape index (κ2) is 7.67. The number of aromatic nitrogens is 4. The number of tetrazole rings is 1. The minimum absolute atomic E-state index is 0.608. The van der Waals surface area contributed by atoms with E-state index in [1.165, 1.54) is 0 Å². The Morgan fingerprint density at radius 2 is 1.71 bits per heavy atom. The molecule has 7 heteroatoms. The Morgan fingerprint density at radius 1 is 1.00 bits per heavy atom. The molecule has 21 heavy (non-hydrogen) atoms. The number of aromatic amines is 1. The minimum atomic E-state index is 0.608. The fraction of sp³-hybridized carbons (Fsp3) is 0.